The van der Waals surface area contributed by atoms with Crippen molar-refractivity contribution in [1.29, 1.82) is 0 Å². The highest BCUT2D eigenvalue weighted by Crippen LogP contribution is 2.17. The lowest BCUT2D eigenvalue weighted by Crippen LogP contribution is -2.05. The molecule has 0 radical (unpaired) electrons. The fourth-order valence-electron chi connectivity index (χ4n) is 1.23. The molecule has 0 bridgehead atoms. The Hall–Kier alpha value is -0.790. The molecule has 11 heavy (non-hydrogen) atoms. The minimum atomic E-state index is -0.184. The SMILES string of the molecule is CC(=O)OCC1=CCCCC1. The highest BCUT2D eigenvalue weighted by atomic mass is 16.5. The van der Waals surface area contributed by atoms with Crippen LogP contribution in [0.1, 0.15) is 32.6 Å². The van der Waals surface area contributed by atoms with Crippen molar-refractivity contribution >= 4 is 5.97 Å². The van der Waals surface area contributed by atoms with Crippen molar-refractivity contribution < 1.29 is 9.53 Å². The summed E-state index contributed by atoms with van der Waals surface area (Å²) in [5, 5.41) is 0. The second-order valence-electron chi connectivity index (χ2n) is 2.89. The molecule has 0 aliphatic heterocycles. The molecule has 0 unspecified atom stereocenters. The van der Waals surface area contributed by atoms with Crippen LogP contribution >= 0.6 is 0 Å². The van der Waals surface area contributed by atoms with E-state index < -0.39 is 0 Å². The highest BCUT2D eigenvalue weighted by Gasteiger charge is 2.04. The van der Waals surface area contributed by atoms with Crippen LogP contribution < -0.4 is 0 Å². The average Bonchev–Trinajstić information content (AvgIpc) is 2.03. The molecule has 1 aliphatic rings. The molecule has 0 saturated carbocycles. The largest absolute Gasteiger partial charge is 0.461 e. The number of carbonyl (C=O) groups excluding carboxylic acids is 1. The van der Waals surface area contributed by atoms with Gasteiger partial charge in [-0.25, -0.2) is 0 Å². The third-order valence-corrected chi connectivity index (χ3v) is 1.85. The normalized spacial score (nSPS) is 17.4. The smallest absolute Gasteiger partial charge is 0.302 e. The monoisotopic (exact) mass is 154 g/mol. The lowest BCUT2D eigenvalue weighted by Gasteiger charge is -2.11. The Morgan fingerprint density at radius 2 is 2.45 bits per heavy atom. The first-order chi connectivity index (χ1) is 5.29. The van der Waals surface area contributed by atoms with Gasteiger partial charge in [0.2, 0.25) is 0 Å². The third kappa shape index (κ3) is 3.21. The third-order valence-electron chi connectivity index (χ3n) is 1.85. The maximum Gasteiger partial charge on any atom is 0.302 e. The quantitative estimate of drug-likeness (QED) is 0.449. The molecule has 0 aromatic heterocycles. The number of rotatable bonds is 2. The molecular formula is C9H14O2. The van der Waals surface area contributed by atoms with Crippen molar-refractivity contribution in [1.82, 2.24) is 0 Å². The van der Waals surface area contributed by atoms with E-state index >= 15 is 0 Å². The summed E-state index contributed by atoms with van der Waals surface area (Å²) in [5.41, 5.74) is 1.28. The summed E-state index contributed by atoms with van der Waals surface area (Å²) in [4.78, 5) is 10.4. The number of hydrogen-bond donors (Lipinski definition) is 0. The zero-order valence-corrected chi connectivity index (χ0v) is 6.93. The molecule has 2 heteroatoms. The van der Waals surface area contributed by atoms with Gasteiger partial charge in [0.1, 0.15) is 6.61 Å². The molecule has 0 spiro atoms. The van der Waals surface area contributed by atoms with Crippen LogP contribution in [0.4, 0.5) is 0 Å². The molecule has 0 saturated heterocycles. The van der Waals surface area contributed by atoms with E-state index in [2.05, 4.69) is 6.08 Å². The van der Waals surface area contributed by atoms with E-state index in [1.54, 1.807) is 0 Å². The Bertz CT molecular complexity index is 170. The molecule has 0 aromatic rings. The van der Waals surface area contributed by atoms with Gasteiger partial charge in [0.25, 0.3) is 0 Å². The summed E-state index contributed by atoms with van der Waals surface area (Å²) < 4.78 is 4.87. The van der Waals surface area contributed by atoms with E-state index in [0.29, 0.717) is 6.61 Å². The van der Waals surface area contributed by atoms with Crippen molar-refractivity contribution in [3.05, 3.63) is 11.6 Å². The summed E-state index contributed by atoms with van der Waals surface area (Å²) in [7, 11) is 0. The van der Waals surface area contributed by atoms with E-state index in [0.717, 1.165) is 12.8 Å². The van der Waals surface area contributed by atoms with Crippen LogP contribution in [0.15, 0.2) is 11.6 Å². The van der Waals surface area contributed by atoms with E-state index in [9.17, 15) is 4.79 Å². The summed E-state index contributed by atoms with van der Waals surface area (Å²) >= 11 is 0. The van der Waals surface area contributed by atoms with Crippen LogP contribution in [0, 0.1) is 0 Å². The minimum absolute atomic E-state index is 0.184. The van der Waals surface area contributed by atoms with Crippen LogP contribution in [0.3, 0.4) is 0 Å². The van der Waals surface area contributed by atoms with Gasteiger partial charge >= 0.3 is 5.97 Å². The number of hydrogen-bond acceptors (Lipinski definition) is 2. The summed E-state index contributed by atoms with van der Waals surface area (Å²) in [6, 6.07) is 0. The van der Waals surface area contributed by atoms with Crippen LogP contribution in [0.25, 0.3) is 0 Å². The number of ether oxygens (including phenoxy) is 1. The van der Waals surface area contributed by atoms with E-state index in [1.807, 2.05) is 0 Å². The van der Waals surface area contributed by atoms with E-state index in [1.165, 1.54) is 25.3 Å². The minimum Gasteiger partial charge on any atom is -0.461 e. The van der Waals surface area contributed by atoms with Gasteiger partial charge in [-0.05, 0) is 31.3 Å². The molecule has 0 aromatic carbocycles. The first-order valence-electron chi connectivity index (χ1n) is 4.10. The first kappa shape index (κ1) is 8.31. The zero-order chi connectivity index (χ0) is 8.10. The average molecular weight is 154 g/mol. The van der Waals surface area contributed by atoms with Crippen LogP contribution in [0.5, 0.6) is 0 Å². The molecule has 0 fully saturated rings. The molecule has 0 N–H and O–H groups in total. The summed E-state index contributed by atoms with van der Waals surface area (Å²) in [6.45, 7) is 1.96. The van der Waals surface area contributed by atoms with Crippen molar-refractivity contribution in [2.24, 2.45) is 0 Å². The first-order valence-corrected chi connectivity index (χ1v) is 4.10. The van der Waals surface area contributed by atoms with Gasteiger partial charge in [0, 0.05) is 6.92 Å². The van der Waals surface area contributed by atoms with Gasteiger partial charge in [-0.3, -0.25) is 4.79 Å². The van der Waals surface area contributed by atoms with Crippen molar-refractivity contribution in [3.8, 4) is 0 Å². The van der Waals surface area contributed by atoms with Crippen molar-refractivity contribution in [2.75, 3.05) is 6.61 Å². The molecule has 0 heterocycles. The van der Waals surface area contributed by atoms with Gasteiger partial charge in [-0.15, -0.1) is 0 Å². The van der Waals surface area contributed by atoms with Crippen molar-refractivity contribution in [3.63, 3.8) is 0 Å². The molecule has 1 aliphatic carbocycles. The fourth-order valence-corrected chi connectivity index (χ4v) is 1.23. The van der Waals surface area contributed by atoms with Gasteiger partial charge < -0.3 is 4.74 Å². The van der Waals surface area contributed by atoms with Crippen LogP contribution in [-0.4, -0.2) is 12.6 Å². The predicted octanol–water partition coefficient (Wildman–Crippen LogP) is 2.05. The second kappa shape index (κ2) is 4.16. The lowest BCUT2D eigenvalue weighted by atomic mass is 10.0. The molecule has 62 valence electrons. The summed E-state index contributed by atoms with van der Waals surface area (Å²) in [5.74, 6) is -0.184. The number of esters is 1. The molecular weight excluding hydrogens is 140 g/mol. The Balaban J connectivity index is 2.24. The maximum absolute atomic E-state index is 10.4. The number of carbonyl (C=O) groups is 1. The van der Waals surface area contributed by atoms with Gasteiger partial charge in [0.15, 0.2) is 0 Å². The molecule has 0 amide bonds. The molecule has 2 nitrogen and oxygen atoms in total. The van der Waals surface area contributed by atoms with Crippen molar-refractivity contribution in [2.45, 2.75) is 32.6 Å². The Morgan fingerprint density at radius 3 is 3.00 bits per heavy atom. The van der Waals surface area contributed by atoms with Crippen LogP contribution in [-0.2, 0) is 9.53 Å². The van der Waals surface area contributed by atoms with Gasteiger partial charge in [-0.1, -0.05) is 6.08 Å². The Labute approximate surface area is 67.2 Å². The zero-order valence-electron chi connectivity index (χ0n) is 6.93. The Morgan fingerprint density at radius 1 is 1.64 bits per heavy atom. The number of allylic oxidation sites excluding steroid dienone is 1. The van der Waals surface area contributed by atoms with Crippen LogP contribution in [0.2, 0.25) is 0 Å². The van der Waals surface area contributed by atoms with Gasteiger partial charge in [-0.2, -0.15) is 0 Å². The predicted molar refractivity (Wildman–Crippen MR) is 43.2 cm³/mol. The van der Waals surface area contributed by atoms with Gasteiger partial charge in [0.05, 0.1) is 0 Å². The second-order valence-corrected chi connectivity index (χ2v) is 2.89. The maximum atomic E-state index is 10.4. The lowest BCUT2D eigenvalue weighted by molar-refractivity contribution is -0.140. The molecule has 1 rings (SSSR count). The van der Waals surface area contributed by atoms with E-state index in [-0.39, 0.29) is 5.97 Å². The standard InChI is InChI=1S/C9H14O2/c1-8(10)11-7-9-5-3-2-4-6-9/h5H,2-4,6-7H2,1H3. The summed E-state index contributed by atoms with van der Waals surface area (Å²) in [6.07, 6.45) is 6.97. The fraction of sp³-hybridized carbons (Fsp3) is 0.667. The van der Waals surface area contributed by atoms with E-state index in [4.69, 9.17) is 4.74 Å². The Kier molecular flexibility index (Phi) is 3.14. The molecule has 0 atom stereocenters. The highest BCUT2D eigenvalue weighted by molar-refractivity contribution is 5.66. The topological polar surface area (TPSA) is 26.3 Å².